The molecule has 2 fully saturated rings. The molecule has 3 rings (SSSR count). The smallest absolute Gasteiger partial charge is 0.410 e. The van der Waals surface area contributed by atoms with E-state index in [0.717, 1.165) is 37.2 Å². The van der Waals surface area contributed by atoms with Gasteiger partial charge in [-0.3, -0.25) is 4.90 Å². The second kappa shape index (κ2) is 6.16. The molecule has 0 aromatic heterocycles. The van der Waals surface area contributed by atoms with E-state index in [1.807, 2.05) is 29.2 Å². The van der Waals surface area contributed by atoms with E-state index in [9.17, 15) is 4.79 Å². The molecule has 0 spiro atoms. The Bertz CT molecular complexity index is 542. The Kier molecular flexibility index (Phi) is 4.25. The Hall–Kier alpha value is -1.75. The third-order valence-corrected chi connectivity index (χ3v) is 5.02. The maximum atomic E-state index is 12.2. The van der Waals surface area contributed by atoms with E-state index in [0.29, 0.717) is 19.1 Å². The van der Waals surface area contributed by atoms with E-state index in [1.54, 1.807) is 7.11 Å². The zero-order valence-corrected chi connectivity index (χ0v) is 13.3. The molecule has 1 amide bonds. The topological polar surface area (TPSA) is 50.8 Å². The lowest BCUT2D eigenvalue weighted by atomic mass is 9.79. The lowest BCUT2D eigenvalue weighted by molar-refractivity contribution is 0.0889. The van der Waals surface area contributed by atoms with E-state index in [2.05, 4.69) is 12.2 Å². The Morgan fingerprint density at radius 2 is 2.18 bits per heavy atom. The number of amides is 1. The van der Waals surface area contributed by atoms with Crippen LogP contribution in [0.3, 0.4) is 0 Å². The normalized spacial score (nSPS) is 26.1. The van der Waals surface area contributed by atoms with Gasteiger partial charge in [0.05, 0.1) is 12.6 Å². The molecule has 1 unspecified atom stereocenters. The highest BCUT2D eigenvalue weighted by atomic mass is 16.6. The molecule has 0 bridgehead atoms. The molecule has 0 saturated carbocycles. The van der Waals surface area contributed by atoms with Crippen molar-refractivity contribution in [1.29, 1.82) is 0 Å². The summed E-state index contributed by atoms with van der Waals surface area (Å²) in [6.07, 6.45) is 1.97. The first kappa shape index (κ1) is 15.2. The van der Waals surface area contributed by atoms with Gasteiger partial charge in [-0.2, -0.15) is 0 Å². The number of cyclic esters (lactones) is 1. The van der Waals surface area contributed by atoms with Gasteiger partial charge in [0.25, 0.3) is 0 Å². The van der Waals surface area contributed by atoms with Gasteiger partial charge in [-0.05, 0) is 56.5 Å². The molecule has 1 aromatic carbocycles. The van der Waals surface area contributed by atoms with Crippen molar-refractivity contribution in [3.8, 4) is 5.75 Å². The van der Waals surface area contributed by atoms with Gasteiger partial charge in [0.15, 0.2) is 0 Å². The molecule has 5 nitrogen and oxygen atoms in total. The number of carbonyl (C=O) groups is 1. The maximum Gasteiger partial charge on any atom is 0.410 e. The number of rotatable bonds is 4. The van der Waals surface area contributed by atoms with Crippen LogP contribution in [0.2, 0.25) is 0 Å². The molecule has 2 aliphatic heterocycles. The molecular formula is C17H24N2O3. The van der Waals surface area contributed by atoms with Gasteiger partial charge in [-0.15, -0.1) is 0 Å². The first-order chi connectivity index (χ1) is 10.6. The van der Waals surface area contributed by atoms with Crippen molar-refractivity contribution in [2.45, 2.75) is 31.8 Å². The Labute approximate surface area is 131 Å². The van der Waals surface area contributed by atoms with Crippen molar-refractivity contribution in [2.24, 2.45) is 5.92 Å². The van der Waals surface area contributed by atoms with Gasteiger partial charge in [-0.1, -0.05) is 12.1 Å². The molecule has 0 radical (unpaired) electrons. The maximum absolute atomic E-state index is 12.2. The molecule has 22 heavy (non-hydrogen) atoms. The number of ether oxygens (including phenoxy) is 2. The molecular weight excluding hydrogens is 280 g/mol. The highest BCUT2D eigenvalue weighted by Gasteiger charge is 2.48. The number of methoxy groups -OCH3 is 1. The van der Waals surface area contributed by atoms with Crippen LogP contribution in [0.15, 0.2) is 24.3 Å². The van der Waals surface area contributed by atoms with Crippen LogP contribution in [-0.4, -0.2) is 43.3 Å². The van der Waals surface area contributed by atoms with E-state index < -0.39 is 0 Å². The lowest BCUT2D eigenvalue weighted by Crippen LogP contribution is -2.52. The van der Waals surface area contributed by atoms with Crippen LogP contribution in [0, 0.1) is 5.92 Å². The molecule has 1 N–H and O–H groups in total. The van der Waals surface area contributed by atoms with Gasteiger partial charge >= 0.3 is 6.09 Å². The van der Waals surface area contributed by atoms with Gasteiger partial charge in [0, 0.05) is 6.54 Å². The summed E-state index contributed by atoms with van der Waals surface area (Å²) in [4.78, 5) is 14.1. The highest BCUT2D eigenvalue weighted by Crippen LogP contribution is 2.37. The molecule has 2 saturated heterocycles. The first-order valence-corrected chi connectivity index (χ1v) is 7.91. The highest BCUT2D eigenvalue weighted by molar-refractivity contribution is 5.71. The Balaban J connectivity index is 1.80. The number of hydrogen-bond donors (Lipinski definition) is 1. The molecule has 1 atom stereocenters. The minimum Gasteiger partial charge on any atom is -0.497 e. The predicted octanol–water partition coefficient (Wildman–Crippen LogP) is 2.41. The zero-order valence-electron chi connectivity index (χ0n) is 13.3. The van der Waals surface area contributed by atoms with Gasteiger partial charge in [0.1, 0.15) is 12.4 Å². The number of nitrogens with zero attached hydrogens (tertiary/aromatic N) is 1. The van der Waals surface area contributed by atoms with Gasteiger partial charge < -0.3 is 14.8 Å². The number of benzene rings is 1. The fourth-order valence-electron chi connectivity index (χ4n) is 3.55. The first-order valence-electron chi connectivity index (χ1n) is 7.91. The molecule has 2 aliphatic rings. The molecule has 1 aromatic rings. The average Bonchev–Trinajstić information content (AvgIpc) is 2.85. The van der Waals surface area contributed by atoms with Crippen LogP contribution in [0.5, 0.6) is 5.75 Å². The number of carbonyl (C=O) groups excluding carboxylic acids is 1. The van der Waals surface area contributed by atoms with Gasteiger partial charge in [0.2, 0.25) is 0 Å². The summed E-state index contributed by atoms with van der Waals surface area (Å²) in [5.41, 5.74) is 0.848. The quantitative estimate of drug-likeness (QED) is 0.928. The second-order valence-corrected chi connectivity index (χ2v) is 6.37. The zero-order chi connectivity index (χ0) is 15.6. The monoisotopic (exact) mass is 304 g/mol. The van der Waals surface area contributed by atoms with Crippen molar-refractivity contribution >= 4 is 6.09 Å². The Morgan fingerprint density at radius 1 is 1.41 bits per heavy atom. The van der Waals surface area contributed by atoms with E-state index in [4.69, 9.17) is 9.47 Å². The van der Waals surface area contributed by atoms with Crippen molar-refractivity contribution in [3.05, 3.63) is 29.8 Å². The minimum absolute atomic E-state index is 0.205. The van der Waals surface area contributed by atoms with Crippen molar-refractivity contribution in [3.63, 3.8) is 0 Å². The summed E-state index contributed by atoms with van der Waals surface area (Å²) >= 11 is 0. The summed E-state index contributed by atoms with van der Waals surface area (Å²) in [5.74, 6) is 1.29. The number of piperidine rings is 1. The average molecular weight is 304 g/mol. The summed E-state index contributed by atoms with van der Waals surface area (Å²) in [5, 5.41) is 3.39. The summed E-state index contributed by atoms with van der Waals surface area (Å²) < 4.78 is 10.7. The van der Waals surface area contributed by atoms with Crippen LogP contribution < -0.4 is 10.1 Å². The van der Waals surface area contributed by atoms with Crippen molar-refractivity contribution in [2.75, 3.05) is 26.8 Å². The van der Waals surface area contributed by atoms with Crippen molar-refractivity contribution in [1.82, 2.24) is 10.2 Å². The van der Waals surface area contributed by atoms with Gasteiger partial charge in [-0.25, -0.2) is 4.79 Å². The van der Waals surface area contributed by atoms with E-state index in [1.165, 1.54) is 0 Å². The molecule has 0 aliphatic carbocycles. The molecule has 5 heteroatoms. The predicted molar refractivity (Wildman–Crippen MR) is 83.9 cm³/mol. The van der Waals surface area contributed by atoms with Crippen LogP contribution in [0.1, 0.15) is 25.3 Å². The molecule has 120 valence electrons. The Morgan fingerprint density at radius 3 is 2.91 bits per heavy atom. The number of hydrogen-bond acceptors (Lipinski definition) is 4. The standard InChI is InChI=1S/C17H24N2O3/c1-17(14-6-8-18-9-7-14)12-22-16(20)19(17)11-13-4-3-5-15(10-13)21-2/h3-5,10,14,18H,6-9,11-12H2,1-2H3. The lowest BCUT2D eigenvalue weighted by Gasteiger charge is -2.41. The summed E-state index contributed by atoms with van der Waals surface area (Å²) in [7, 11) is 1.66. The SMILES string of the molecule is COc1cccc(CN2C(=O)OCC2(C)C2CCNCC2)c1. The second-order valence-electron chi connectivity index (χ2n) is 6.37. The fourth-order valence-corrected chi connectivity index (χ4v) is 3.55. The molecule has 2 heterocycles. The van der Waals surface area contributed by atoms with Crippen LogP contribution in [0.4, 0.5) is 4.79 Å². The largest absolute Gasteiger partial charge is 0.497 e. The van der Waals surface area contributed by atoms with Crippen LogP contribution in [0.25, 0.3) is 0 Å². The van der Waals surface area contributed by atoms with Crippen LogP contribution in [-0.2, 0) is 11.3 Å². The summed E-state index contributed by atoms with van der Waals surface area (Å²) in [6, 6.07) is 7.88. The number of nitrogens with one attached hydrogen (secondary N) is 1. The minimum atomic E-state index is -0.220. The van der Waals surface area contributed by atoms with Crippen LogP contribution >= 0.6 is 0 Å². The van der Waals surface area contributed by atoms with E-state index >= 15 is 0 Å². The summed E-state index contributed by atoms with van der Waals surface area (Å²) in [6.45, 7) is 5.24. The van der Waals surface area contributed by atoms with E-state index in [-0.39, 0.29) is 11.6 Å². The third kappa shape index (κ3) is 2.77. The third-order valence-electron chi connectivity index (χ3n) is 5.02. The fraction of sp³-hybridized carbons (Fsp3) is 0.588. The van der Waals surface area contributed by atoms with Crippen molar-refractivity contribution < 1.29 is 14.3 Å².